The molecule has 0 amide bonds. The highest BCUT2D eigenvalue weighted by molar-refractivity contribution is 9.10. The van der Waals surface area contributed by atoms with Gasteiger partial charge in [-0.2, -0.15) is 9.61 Å². The first-order valence-electron chi connectivity index (χ1n) is 5.62. The minimum atomic E-state index is -0.844. The summed E-state index contributed by atoms with van der Waals surface area (Å²) in [5, 5.41) is 4.22. The zero-order valence-corrected chi connectivity index (χ0v) is 11.6. The first-order chi connectivity index (χ1) is 9.08. The van der Waals surface area contributed by atoms with Gasteiger partial charge in [-0.15, -0.1) is 0 Å². The molecule has 0 saturated carbocycles. The average Bonchev–Trinajstić information content (AvgIpc) is 2.73. The molecule has 0 radical (unpaired) electrons. The van der Waals surface area contributed by atoms with Crippen LogP contribution in [0.1, 0.15) is 10.5 Å². The highest BCUT2D eigenvalue weighted by Gasteiger charge is 2.29. The summed E-state index contributed by atoms with van der Waals surface area (Å²) in [6.45, 7) is 0.578. The van der Waals surface area contributed by atoms with Crippen LogP contribution in [0.3, 0.4) is 0 Å². The highest BCUT2D eigenvalue weighted by atomic mass is 79.9. The maximum atomic E-state index is 13.0. The summed E-state index contributed by atoms with van der Waals surface area (Å²) in [5.41, 5.74) is 0.687. The number of methoxy groups -OCH3 is 1. The molecule has 8 heteroatoms. The van der Waals surface area contributed by atoms with E-state index < -0.39 is 12.1 Å². The summed E-state index contributed by atoms with van der Waals surface area (Å²) in [5.74, 6) is 0.100. The van der Waals surface area contributed by atoms with E-state index in [1.54, 1.807) is 21.5 Å². The van der Waals surface area contributed by atoms with E-state index in [0.717, 1.165) is 0 Å². The molecule has 1 fully saturated rings. The van der Waals surface area contributed by atoms with Crippen molar-refractivity contribution >= 4 is 33.4 Å². The van der Waals surface area contributed by atoms with E-state index in [-0.39, 0.29) is 18.8 Å². The second kappa shape index (κ2) is 4.44. The number of hydrogen-bond acceptors (Lipinski definition) is 5. The molecule has 0 spiro atoms. The smallest absolute Gasteiger partial charge is 0.356 e. The number of aromatic nitrogens is 3. The van der Waals surface area contributed by atoms with Crippen molar-refractivity contribution < 1.29 is 13.9 Å². The van der Waals surface area contributed by atoms with Gasteiger partial charge in [0.2, 0.25) is 0 Å². The zero-order chi connectivity index (χ0) is 13.6. The molecule has 6 nitrogen and oxygen atoms in total. The van der Waals surface area contributed by atoms with Gasteiger partial charge in [0.15, 0.2) is 11.3 Å². The third-order valence-corrected chi connectivity index (χ3v) is 3.32. The van der Waals surface area contributed by atoms with E-state index in [0.29, 0.717) is 16.1 Å². The predicted octanol–water partition coefficient (Wildman–Crippen LogP) is 1.44. The summed E-state index contributed by atoms with van der Waals surface area (Å²) in [6, 6.07) is 3.24. The van der Waals surface area contributed by atoms with Gasteiger partial charge in [-0.05, 0) is 15.9 Å². The van der Waals surface area contributed by atoms with Crippen molar-refractivity contribution in [3.05, 3.63) is 22.4 Å². The lowest BCUT2D eigenvalue weighted by atomic mass is 10.2. The maximum absolute atomic E-state index is 13.0. The van der Waals surface area contributed by atoms with E-state index >= 15 is 0 Å². The Hall–Kier alpha value is -1.70. The summed E-state index contributed by atoms with van der Waals surface area (Å²) in [4.78, 5) is 17.6. The Labute approximate surface area is 116 Å². The fourth-order valence-corrected chi connectivity index (χ4v) is 2.34. The number of ether oxygens (including phenoxy) is 1. The number of fused-ring (bicyclic) bond motifs is 1. The lowest BCUT2D eigenvalue weighted by Crippen LogP contribution is -2.49. The summed E-state index contributed by atoms with van der Waals surface area (Å²) >= 11 is 3.26. The highest BCUT2D eigenvalue weighted by Crippen LogP contribution is 2.25. The van der Waals surface area contributed by atoms with Crippen LogP contribution in [0.2, 0.25) is 0 Å². The van der Waals surface area contributed by atoms with Gasteiger partial charge >= 0.3 is 5.97 Å². The van der Waals surface area contributed by atoms with Crippen LogP contribution in [0.4, 0.5) is 10.2 Å². The molecule has 3 heterocycles. The number of nitrogens with zero attached hydrogens (tertiary/aromatic N) is 4. The molecular weight excluding hydrogens is 319 g/mol. The molecule has 100 valence electrons. The molecule has 0 aliphatic carbocycles. The van der Waals surface area contributed by atoms with Crippen molar-refractivity contribution in [3.63, 3.8) is 0 Å². The van der Waals surface area contributed by atoms with Crippen molar-refractivity contribution in [2.45, 2.75) is 6.17 Å². The van der Waals surface area contributed by atoms with Crippen molar-refractivity contribution in [2.24, 2.45) is 0 Å². The molecule has 0 N–H and O–H groups in total. The number of esters is 1. The predicted molar refractivity (Wildman–Crippen MR) is 69.1 cm³/mol. The van der Waals surface area contributed by atoms with Crippen molar-refractivity contribution in [3.8, 4) is 0 Å². The van der Waals surface area contributed by atoms with Gasteiger partial charge < -0.3 is 9.64 Å². The molecular formula is C11H10BrFN4O2. The van der Waals surface area contributed by atoms with Crippen LogP contribution in [0.25, 0.3) is 5.65 Å². The standard InChI is InChI=1S/C11H10BrFN4O2/c1-19-11(18)7-2-10(16-4-6(13)5-16)17-9(14-7)3-8(12)15-17/h2-3,6H,4-5H2,1H3. The van der Waals surface area contributed by atoms with Crippen LogP contribution in [0.15, 0.2) is 16.7 Å². The van der Waals surface area contributed by atoms with Crippen LogP contribution < -0.4 is 4.90 Å². The molecule has 0 unspecified atom stereocenters. The Morgan fingerprint density at radius 2 is 2.26 bits per heavy atom. The Morgan fingerprint density at radius 3 is 2.89 bits per heavy atom. The van der Waals surface area contributed by atoms with Gasteiger partial charge in [0.05, 0.1) is 20.2 Å². The van der Waals surface area contributed by atoms with Crippen LogP contribution in [0, 0.1) is 0 Å². The molecule has 0 bridgehead atoms. The van der Waals surface area contributed by atoms with E-state index in [9.17, 15) is 9.18 Å². The topological polar surface area (TPSA) is 59.7 Å². The van der Waals surface area contributed by atoms with Crippen LogP contribution in [-0.2, 0) is 4.74 Å². The maximum Gasteiger partial charge on any atom is 0.356 e. The Bertz CT molecular complexity index is 653. The quantitative estimate of drug-likeness (QED) is 0.781. The SMILES string of the molecule is COC(=O)c1cc(N2CC(F)C2)n2nc(Br)cc2n1. The second-order valence-corrected chi connectivity index (χ2v) is 5.04. The number of anilines is 1. The van der Waals surface area contributed by atoms with E-state index in [1.165, 1.54) is 7.11 Å². The lowest BCUT2D eigenvalue weighted by molar-refractivity contribution is 0.0594. The summed E-state index contributed by atoms with van der Waals surface area (Å²) in [7, 11) is 1.29. The van der Waals surface area contributed by atoms with Gasteiger partial charge in [-0.3, -0.25) is 0 Å². The number of carbonyl (C=O) groups excluding carboxylic acids is 1. The van der Waals surface area contributed by atoms with Gasteiger partial charge in [0.1, 0.15) is 16.6 Å². The van der Waals surface area contributed by atoms with Gasteiger partial charge in [-0.25, -0.2) is 14.2 Å². The molecule has 0 aromatic carbocycles. The third-order valence-electron chi connectivity index (χ3n) is 2.93. The minimum Gasteiger partial charge on any atom is -0.464 e. The Kier molecular flexibility index (Phi) is 2.89. The largest absolute Gasteiger partial charge is 0.464 e. The van der Waals surface area contributed by atoms with Crippen molar-refractivity contribution in [2.75, 3.05) is 25.1 Å². The van der Waals surface area contributed by atoms with Gasteiger partial charge in [0.25, 0.3) is 0 Å². The van der Waals surface area contributed by atoms with E-state index in [2.05, 4.69) is 30.7 Å². The molecule has 19 heavy (non-hydrogen) atoms. The number of hydrogen-bond donors (Lipinski definition) is 0. The first-order valence-corrected chi connectivity index (χ1v) is 6.41. The number of rotatable bonds is 2. The first kappa shape index (κ1) is 12.3. The molecule has 1 aliphatic heterocycles. The fraction of sp³-hybridized carbons (Fsp3) is 0.364. The second-order valence-electron chi connectivity index (χ2n) is 4.23. The minimum absolute atomic E-state index is 0.180. The van der Waals surface area contributed by atoms with Gasteiger partial charge in [-0.1, -0.05) is 0 Å². The molecule has 2 aromatic heterocycles. The van der Waals surface area contributed by atoms with Crippen LogP contribution in [-0.4, -0.2) is 46.9 Å². The molecule has 1 aliphatic rings. The molecule has 2 aromatic rings. The van der Waals surface area contributed by atoms with Gasteiger partial charge in [0, 0.05) is 12.1 Å². The third kappa shape index (κ3) is 2.05. The van der Waals surface area contributed by atoms with E-state index in [1.807, 2.05) is 0 Å². The average molecular weight is 329 g/mol. The zero-order valence-electron chi connectivity index (χ0n) is 10.0. The number of halogens is 2. The molecule has 1 saturated heterocycles. The number of carbonyl (C=O) groups is 1. The van der Waals surface area contributed by atoms with E-state index in [4.69, 9.17) is 0 Å². The molecule has 3 rings (SSSR count). The lowest BCUT2D eigenvalue weighted by Gasteiger charge is -2.36. The normalized spacial score (nSPS) is 15.6. The fourth-order valence-electron chi connectivity index (χ4n) is 1.98. The Morgan fingerprint density at radius 1 is 1.53 bits per heavy atom. The molecule has 0 atom stereocenters. The number of alkyl halides is 1. The van der Waals surface area contributed by atoms with Crippen LogP contribution >= 0.6 is 15.9 Å². The Balaban J connectivity index is 2.13. The monoisotopic (exact) mass is 328 g/mol. The summed E-state index contributed by atoms with van der Waals surface area (Å²) < 4.78 is 19.8. The van der Waals surface area contributed by atoms with Crippen LogP contribution in [0.5, 0.6) is 0 Å². The summed E-state index contributed by atoms with van der Waals surface area (Å²) in [6.07, 6.45) is -0.844. The van der Waals surface area contributed by atoms with Crippen molar-refractivity contribution in [1.82, 2.24) is 14.6 Å². The van der Waals surface area contributed by atoms with Crippen molar-refractivity contribution in [1.29, 1.82) is 0 Å².